The van der Waals surface area contributed by atoms with Gasteiger partial charge in [-0.05, 0) is 115 Å². The van der Waals surface area contributed by atoms with Crippen LogP contribution in [0.25, 0.3) is 5.69 Å². The highest BCUT2D eigenvalue weighted by atomic mass is 16.5. The van der Waals surface area contributed by atoms with Gasteiger partial charge in [0.15, 0.2) is 0 Å². The van der Waals surface area contributed by atoms with E-state index >= 15 is 0 Å². The minimum atomic E-state index is -0.695. The molecule has 0 radical (unpaired) electrons. The third-order valence-corrected chi connectivity index (χ3v) is 14.9. The van der Waals surface area contributed by atoms with Crippen molar-refractivity contribution < 1.29 is 19.7 Å². The fourth-order valence-electron chi connectivity index (χ4n) is 12.1. The van der Waals surface area contributed by atoms with Gasteiger partial charge in [0.2, 0.25) is 0 Å². The van der Waals surface area contributed by atoms with Crippen LogP contribution in [-0.4, -0.2) is 43.4 Å². The van der Waals surface area contributed by atoms with Gasteiger partial charge >= 0.3 is 5.97 Å². The Kier molecular flexibility index (Phi) is 7.31. The van der Waals surface area contributed by atoms with E-state index in [1.807, 2.05) is 36.5 Å². The first-order chi connectivity index (χ1) is 21.6. The summed E-state index contributed by atoms with van der Waals surface area (Å²) in [5.41, 5.74) is 2.34. The van der Waals surface area contributed by atoms with Gasteiger partial charge in [0.25, 0.3) is 0 Å². The van der Waals surface area contributed by atoms with Crippen molar-refractivity contribution in [2.24, 2.45) is 50.2 Å². The van der Waals surface area contributed by atoms with Crippen LogP contribution in [0.15, 0.2) is 48.2 Å². The smallest absolute Gasteiger partial charge is 0.313 e. The molecule has 2 N–H and O–H groups in total. The number of aromatic nitrogens is 3. The van der Waals surface area contributed by atoms with E-state index in [-0.39, 0.29) is 45.6 Å². The molecule has 0 aliphatic heterocycles. The maximum absolute atomic E-state index is 14.4. The molecule has 1 aromatic carbocycles. The van der Waals surface area contributed by atoms with Gasteiger partial charge in [-0.3, -0.25) is 4.79 Å². The summed E-state index contributed by atoms with van der Waals surface area (Å²) < 4.78 is 7.92. The molecule has 2 aromatic rings. The molecule has 4 saturated carbocycles. The zero-order valence-corrected chi connectivity index (χ0v) is 29.1. The molecule has 7 nitrogen and oxygen atoms in total. The van der Waals surface area contributed by atoms with E-state index < -0.39 is 17.6 Å². The van der Waals surface area contributed by atoms with Crippen molar-refractivity contribution >= 4 is 5.97 Å². The summed E-state index contributed by atoms with van der Waals surface area (Å²) in [6.07, 6.45) is 11.5. The number of rotatable bonds is 4. The number of carbonyl (C=O) groups is 1. The Hall–Kier alpha value is -2.51. The molecule has 4 fully saturated rings. The van der Waals surface area contributed by atoms with Crippen molar-refractivity contribution in [3.8, 4) is 5.69 Å². The predicted octanol–water partition coefficient (Wildman–Crippen LogP) is 7.44. The molecule has 9 atom stereocenters. The van der Waals surface area contributed by atoms with Crippen LogP contribution < -0.4 is 0 Å². The number of ether oxygens (including phenoxy) is 1. The Morgan fingerprint density at radius 3 is 2.39 bits per heavy atom. The Balaban J connectivity index is 1.19. The minimum absolute atomic E-state index is 0.0324. The molecule has 1 aromatic heterocycles. The molecule has 1 heterocycles. The molecule has 5 aliphatic rings. The highest BCUT2D eigenvalue weighted by Gasteiger charge is 2.70. The van der Waals surface area contributed by atoms with Gasteiger partial charge in [0, 0.05) is 0 Å². The summed E-state index contributed by atoms with van der Waals surface area (Å²) in [6, 6.07) is 9.87. The standard InChI is InChI=1S/C39H55N3O4/c1-34(2)17-19-39(33(45)46-24-25-23-42(41-40-25)26-11-9-8-10-12-26)20-18-37(6)27(28(39)21-34)13-14-31-36(5)22-29(43)32(44)35(3,4)30(36)15-16-38(31,37)7/h8-13,23,28-32,43-44H,14-22,24H2,1-7H3/t28?,29-,30?,31?,32+,36+,37-,38-,39+/m1/s1. The first-order valence-electron chi connectivity index (χ1n) is 17.8. The van der Waals surface area contributed by atoms with Gasteiger partial charge in [-0.25, -0.2) is 4.68 Å². The number of aliphatic hydroxyl groups is 2. The van der Waals surface area contributed by atoms with Crippen molar-refractivity contribution in [2.75, 3.05) is 0 Å². The van der Waals surface area contributed by atoms with Crippen molar-refractivity contribution in [3.63, 3.8) is 0 Å². The van der Waals surface area contributed by atoms with Crippen LogP contribution in [-0.2, 0) is 16.1 Å². The second-order valence-electron chi connectivity index (χ2n) is 18.0. The lowest BCUT2D eigenvalue weighted by Gasteiger charge is -2.71. The van der Waals surface area contributed by atoms with Crippen LogP contribution in [0, 0.1) is 50.2 Å². The van der Waals surface area contributed by atoms with Crippen LogP contribution in [0.5, 0.6) is 0 Å². The van der Waals surface area contributed by atoms with Crippen LogP contribution in [0.2, 0.25) is 0 Å². The molecule has 46 heavy (non-hydrogen) atoms. The average Bonchev–Trinajstić information content (AvgIpc) is 3.48. The summed E-state index contributed by atoms with van der Waals surface area (Å²) in [5, 5.41) is 30.8. The number of hydrogen-bond acceptors (Lipinski definition) is 6. The van der Waals surface area contributed by atoms with Crippen molar-refractivity contribution in [1.82, 2.24) is 15.0 Å². The maximum atomic E-state index is 14.4. The number of nitrogens with zero attached hydrogens (tertiary/aromatic N) is 3. The molecule has 7 rings (SSSR count). The van der Waals surface area contributed by atoms with Gasteiger partial charge in [-0.2, -0.15) is 0 Å². The molecule has 0 saturated heterocycles. The number of esters is 1. The zero-order chi connectivity index (χ0) is 32.9. The fraction of sp³-hybridized carbons (Fsp3) is 0.718. The summed E-state index contributed by atoms with van der Waals surface area (Å²) in [6.45, 7) is 16.7. The maximum Gasteiger partial charge on any atom is 0.313 e. The number of carbonyl (C=O) groups excluding carboxylic acids is 1. The second kappa shape index (κ2) is 10.5. The van der Waals surface area contributed by atoms with E-state index in [1.54, 1.807) is 4.68 Å². The summed E-state index contributed by atoms with van der Waals surface area (Å²) >= 11 is 0. The van der Waals surface area contributed by atoms with Gasteiger partial charge < -0.3 is 14.9 Å². The monoisotopic (exact) mass is 629 g/mol. The van der Waals surface area contributed by atoms with E-state index in [9.17, 15) is 15.0 Å². The summed E-state index contributed by atoms with van der Waals surface area (Å²) in [4.78, 5) is 14.4. The van der Waals surface area contributed by atoms with Crippen LogP contribution in [0.4, 0.5) is 0 Å². The fourth-order valence-corrected chi connectivity index (χ4v) is 12.1. The Morgan fingerprint density at radius 1 is 0.935 bits per heavy atom. The number of para-hydroxylation sites is 1. The minimum Gasteiger partial charge on any atom is -0.459 e. The lowest BCUT2D eigenvalue weighted by Crippen LogP contribution is -2.67. The largest absolute Gasteiger partial charge is 0.459 e. The molecule has 0 bridgehead atoms. The normalized spacial score (nSPS) is 42.5. The number of benzene rings is 1. The van der Waals surface area contributed by atoms with E-state index in [0.717, 1.165) is 57.1 Å². The van der Waals surface area contributed by atoms with Crippen LogP contribution in [0.3, 0.4) is 0 Å². The Bertz CT molecular complexity index is 1530. The molecule has 0 amide bonds. The van der Waals surface area contributed by atoms with Crippen molar-refractivity contribution in [1.29, 1.82) is 0 Å². The topological polar surface area (TPSA) is 97.5 Å². The molecular weight excluding hydrogens is 574 g/mol. The summed E-state index contributed by atoms with van der Waals surface area (Å²) in [7, 11) is 0. The molecular formula is C39H55N3O4. The molecule has 3 unspecified atom stereocenters. The number of hydrogen-bond donors (Lipinski definition) is 2. The van der Waals surface area contributed by atoms with Crippen molar-refractivity contribution in [2.45, 2.75) is 125 Å². The summed E-state index contributed by atoms with van der Waals surface area (Å²) in [5.74, 6) is 0.860. The van der Waals surface area contributed by atoms with Gasteiger partial charge in [0.05, 0.1) is 29.5 Å². The van der Waals surface area contributed by atoms with E-state index in [0.29, 0.717) is 24.0 Å². The third-order valence-electron chi connectivity index (χ3n) is 14.9. The predicted molar refractivity (Wildman–Crippen MR) is 178 cm³/mol. The Morgan fingerprint density at radius 2 is 1.65 bits per heavy atom. The molecule has 250 valence electrons. The number of fused-ring (bicyclic) bond motifs is 7. The quantitative estimate of drug-likeness (QED) is 0.270. The third kappa shape index (κ3) is 4.46. The van der Waals surface area contributed by atoms with Crippen LogP contribution >= 0.6 is 0 Å². The number of allylic oxidation sites excluding steroid dienone is 2. The zero-order valence-electron chi connectivity index (χ0n) is 29.1. The molecule has 0 spiro atoms. The van der Waals surface area contributed by atoms with Gasteiger partial charge in [-0.15, -0.1) is 5.10 Å². The molecule has 7 heteroatoms. The highest BCUT2D eigenvalue weighted by molar-refractivity contribution is 5.78. The first kappa shape index (κ1) is 32.1. The Labute approximate surface area is 275 Å². The van der Waals surface area contributed by atoms with Gasteiger partial charge in [-0.1, -0.05) is 83.5 Å². The lowest BCUT2D eigenvalue weighted by atomic mass is 9.33. The van der Waals surface area contributed by atoms with Crippen LogP contribution in [0.1, 0.15) is 112 Å². The van der Waals surface area contributed by atoms with E-state index in [4.69, 9.17) is 4.74 Å². The second-order valence-corrected chi connectivity index (χ2v) is 18.0. The lowest BCUT2D eigenvalue weighted by molar-refractivity contribution is -0.232. The number of aliphatic hydroxyl groups excluding tert-OH is 2. The van der Waals surface area contributed by atoms with E-state index in [2.05, 4.69) is 64.9 Å². The van der Waals surface area contributed by atoms with E-state index in [1.165, 1.54) is 5.57 Å². The highest BCUT2D eigenvalue weighted by Crippen LogP contribution is 2.75. The average molecular weight is 630 g/mol. The SMILES string of the molecule is CC1(C)CC[C@]2(C(=O)OCc3cn(-c4ccccc4)nn3)CC[C@]3(C)C(=CCC4[C@@]5(C)C[C@@H](O)[C@H](O)C(C)(C)C5CC[C@]43C)C2C1. The first-order valence-corrected chi connectivity index (χ1v) is 17.8. The molecule has 5 aliphatic carbocycles. The van der Waals surface area contributed by atoms with Crippen molar-refractivity contribution in [3.05, 3.63) is 53.9 Å². The van der Waals surface area contributed by atoms with Gasteiger partial charge in [0.1, 0.15) is 12.3 Å².